The summed E-state index contributed by atoms with van der Waals surface area (Å²) in [7, 11) is 1.41. The summed E-state index contributed by atoms with van der Waals surface area (Å²) in [4.78, 5) is 10.3. The first-order valence-corrected chi connectivity index (χ1v) is 3.18. The number of ether oxygens (including phenoxy) is 1. The largest absolute Gasteiger partial charge is 0.479 e. The maximum absolute atomic E-state index is 10.3. The van der Waals surface area contributed by atoms with Crippen LogP contribution >= 0.6 is 11.6 Å². The molecule has 0 N–H and O–H groups in total. The zero-order chi connectivity index (χ0) is 8.27. The van der Waals surface area contributed by atoms with E-state index >= 15 is 0 Å². The average molecular weight is 173 g/mol. The number of carbonyl (C=O) groups is 1. The van der Waals surface area contributed by atoms with E-state index in [4.69, 9.17) is 16.3 Å². The molecule has 0 aliphatic heterocycles. The highest BCUT2D eigenvalue weighted by molar-refractivity contribution is 6.29. The first kappa shape index (κ1) is 7.94. The lowest BCUT2D eigenvalue weighted by Crippen LogP contribution is -1.95. The highest BCUT2D eigenvalue weighted by Gasteiger charge is 2.03. The second-order valence-electron chi connectivity index (χ2n) is 1.75. The fourth-order valence-corrected chi connectivity index (χ4v) is 0.768. The van der Waals surface area contributed by atoms with Crippen molar-refractivity contribution < 1.29 is 9.53 Å². The van der Waals surface area contributed by atoms with Gasteiger partial charge in [0.15, 0.2) is 11.4 Å². The lowest BCUT2D eigenvalue weighted by atomic mass is 10.3. The Morgan fingerprint density at radius 3 is 2.91 bits per heavy atom. The predicted molar refractivity (Wildman–Crippen MR) is 39.0 cm³/mol. The van der Waals surface area contributed by atoms with Gasteiger partial charge in [-0.25, -0.2) is 0 Å². The van der Waals surface area contributed by atoms with Gasteiger partial charge in [-0.3, -0.25) is 4.79 Å². The van der Waals surface area contributed by atoms with Gasteiger partial charge in [-0.2, -0.15) is 0 Å². The predicted octanol–water partition coefficient (Wildman–Crippen LogP) is 0.951. The van der Waals surface area contributed by atoms with Gasteiger partial charge < -0.3 is 4.74 Å². The summed E-state index contributed by atoms with van der Waals surface area (Å²) in [5.74, 6) is 0.185. The number of methoxy groups -OCH3 is 1. The molecule has 0 fully saturated rings. The van der Waals surface area contributed by atoms with Crippen LogP contribution in [0.4, 0.5) is 0 Å². The summed E-state index contributed by atoms with van der Waals surface area (Å²) < 4.78 is 4.73. The molecule has 1 heterocycles. The highest BCUT2D eigenvalue weighted by atomic mass is 35.5. The Kier molecular flexibility index (Phi) is 2.38. The normalized spacial score (nSPS) is 9.27. The summed E-state index contributed by atoms with van der Waals surface area (Å²) in [5, 5.41) is 7.20. The van der Waals surface area contributed by atoms with Gasteiger partial charge in [0.25, 0.3) is 0 Å². The molecule has 1 rings (SSSR count). The van der Waals surface area contributed by atoms with E-state index in [1.165, 1.54) is 13.2 Å². The number of aldehydes is 1. The Bertz CT molecular complexity index is 277. The molecular formula is C6H5ClN2O2. The Balaban J connectivity index is 3.16. The van der Waals surface area contributed by atoms with E-state index < -0.39 is 0 Å². The summed E-state index contributed by atoms with van der Waals surface area (Å²) in [5.41, 5.74) is 0.299. The average Bonchev–Trinajstić information content (AvgIpc) is 2.04. The third-order valence-corrected chi connectivity index (χ3v) is 1.26. The van der Waals surface area contributed by atoms with Crippen LogP contribution in [0.2, 0.25) is 5.15 Å². The van der Waals surface area contributed by atoms with Crippen molar-refractivity contribution in [1.29, 1.82) is 0 Å². The van der Waals surface area contributed by atoms with Gasteiger partial charge in [0.1, 0.15) is 0 Å². The van der Waals surface area contributed by atoms with Gasteiger partial charge >= 0.3 is 0 Å². The van der Waals surface area contributed by atoms with Crippen LogP contribution < -0.4 is 4.74 Å². The summed E-state index contributed by atoms with van der Waals surface area (Å²) in [6.07, 6.45) is 0.611. The molecule has 0 aromatic carbocycles. The van der Waals surface area contributed by atoms with Crippen molar-refractivity contribution in [1.82, 2.24) is 10.2 Å². The molecule has 0 saturated heterocycles. The minimum absolute atomic E-state index is 0.174. The molecule has 0 bridgehead atoms. The maximum atomic E-state index is 10.3. The Hall–Kier alpha value is -1.16. The van der Waals surface area contributed by atoms with Crippen LogP contribution in [0.3, 0.4) is 0 Å². The number of aromatic nitrogens is 2. The molecule has 0 atom stereocenters. The number of halogens is 1. The zero-order valence-electron chi connectivity index (χ0n) is 5.74. The smallest absolute Gasteiger partial charge is 0.243 e. The number of nitrogens with zero attached hydrogens (tertiary/aromatic N) is 2. The molecule has 0 spiro atoms. The SMILES string of the molecule is COc1nnc(Cl)cc1C=O. The van der Waals surface area contributed by atoms with E-state index in [1.54, 1.807) is 0 Å². The summed E-state index contributed by atoms with van der Waals surface area (Å²) in [6.45, 7) is 0. The van der Waals surface area contributed by atoms with Crippen LogP contribution in [0, 0.1) is 0 Å². The number of rotatable bonds is 2. The van der Waals surface area contributed by atoms with E-state index in [-0.39, 0.29) is 11.0 Å². The molecule has 58 valence electrons. The van der Waals surface area contributed by atoms with Gasteiger partial charge in [0.05, 0.1) is 12.7 Å². The minimum Gasteiger partial charge on any atom is -0.479 e. The van der Waals surface area contributed by atoms with E-state index in [0.717, 1.165) is 0 Å². The molecule has 0 aliphatic carbocycles. The minimum atomic E-state index is 0.174. The van der Waals surface area contributed by atoms with Gasteiger partial charge in [0.2, 0.25) is 5.88 Å². The molecule has 4 nitrogen and oxygen atoms in total. The molecular weight excluding hydrogens is 168 g/mol. The third kappa shape index (κ3) is 1.65. The fourth-order valence-electron chi connectivity index (χ4n) is 0.613. The molecule has 5 heteroatoms. The van der Waals surface area contributed by atoms with E-state index in [1.807, 2.05) is 0 Å². The second kappa shape index (κ2) is 3.30. The fraction of sp³-hybridized carbons (Fsp3) is 0.167. The first-order valence-electron chi connectivity index (χ1n) is 2.80. The van der Waals surface area contributed by atoms with Crippen LogP contribution in [-0.2, 0) is 0 Å². The van der Waals surface area contributed by atoms with Crippen molar-refractivity contribution >= 4 is 17.9 Å². The Morgan fingerprint density at radius 1 is 1.64 bits per heavy atom. The van der Waals surface area contributed by atoms with E-state index in [0.29, 0.717) is 11.8 Å². The van der Waals surface area contributed by atoms with Crippen LogP contribution in [-0.4, -0.2) is 23.6 Å². The lowest BCUT2D eigenvalue weighted by molar-refractivity contribution is 0.111. The molecule has 1 aromatic rings. The van der Waals surface area contributed by atoms with E-state index in [2.05, 4.69) is 10.2 Å². The number of hydrogen-bond donors (Lipinski definition) is 0. The van der Waals surface area contributed by atoms with E-state index in [9.17, 15) is 4.79 Å². The van der Waals surface area contributed by atoms with Gasteiger partial charge in [0, 0.05) is 0 Å². The molecule has 0 unspecified atom stereocenters. The van der Waals surface area contributed by atoms with Crippen LogP contribution in [0.25, 0.3) is 0 Å². The van der Waals surface area contributed by atoms with Crippen LogP contribution in [0.1, 0.15) is 10.4 Å². The molecule has 0 saturated carbocycles. The van der Waals surface area contributed by atoms with Crippen molar-refractivity contribution in [3.8, 4) is 5.88 Å². The number of carbonyl (C=O) groups excluding carboxylic acids is 1. The molecule has 11 heavy (non-hydrogen) atoms. The van der Waals surface area contributed by atoms with Crippen LogP contribution in [0.5, 0.6) is 5.88 Å². The van der Waals surface area contributed by atoms with Crippen molar-refractivity contribution in [2.75, 3.05) is 7.11 Å². The first-order chi connectivity index (χ1) is 5.27. The van der Waals surface area contributed by atoms with Crippen molar-refractivity contribution in [2.24, 2.45) is 0 Å². The highest BCUT2D eigenvalue weighted by Crippen LogP contribution is 2.13. The monoisotopic (exact) mass is 172 g/mol. The molecule has 1 aromatic heterocycles. The standard InChI is InChI=1S/C6H5ClN2O2/c1-11-6-4(3-10)2-5(7)8-9-6/h2-3H,1H3. The lowest BCUT2D eigenvalue weighted by Gasteiger charge is -1.98. The van der Waals surface area contributed by atoms with Crippen LogP contribution in [0.15, 0.2) is 6.07 Å². The van der Waals surface area contributed by atoms with Crippen molar-refractivity contribution in [2.45, 2.75) is 0 Å². The van der Waals surface area contributed by atoms with Gasteiger partial charge in [-0.1, -0.05) is 11.6 Å². The Labute approximate surface area is 68.1 Å². The Morgan fingerprint density at radius 2 is 2.36 bits per heavy atom. The van der Waals surface area contributed by atoms with Gasteiger partial charge in [-0.15, -0.1) is 10.2 Å². The summed E-state index contributed by atoms with van der Waals surface area (Å²) >= 11 is 5.46. The quantitative estimate of drug-likeness (QED) is 0.624. The molecule has 0 aliphatic rings. The number of hydrogen-bond acceptors (Lipinski definition) is 4. The van der Waals surface area contributed by atoms with Gasteiger partial charge in [-0.05, 0) is 6.07 Å². The third-order valence-electron chi connectivity index (χ3n) is 1.08. The van der Waals surface area contributed by atoms with Crippen molar-refractivity contribution in [3.05, 3.63) is 16.8 Å². The summed E-state index contributed by atoms with van der Waals surface area (Å²) in [6, 6.07) is 1.39. The molecule has 0 amide bonds. The second-order valence-corrected chi connectivity index (χ2v) is 2.14. The molecule has 0 radical (unpaired) electrons. The van der Waals surface area contributed by atoms with Crippen molar-refractivity contribution in [3.63, 3.8) is 0 Å². The topological polar surface area (TPSA) is 52.1 Å². The zero-order valence-corrected chi connectivity index (χ0v) is 6.50. The maximum Gasteiger partial charge on any atom is 0.243 e.